The minimum absolute atomic E-state index is 0.0706. The summed E-state index contributed by atoms with van der Waals surface area (Å²) in [6, 6.07) is 22.7. The smallest absolute Gasteiger partial charge is 0.255 e. The van der Waals surface area contributed by atoms with E-state index in [2.05, 4.69) is 10.3 Å². The summed E-state index contributed by atoms with van der Waals surface area (Å²) in [5.74, 6) is -0.258. The Kier molecular flexibility index (Phi) is 6.39. The van der Waals surface area contributed by atoms with E-state index in [1.54, 1.807) is 12.3 Å². The lowest BCUT2D eigenvalue weighted by atomic mass is 10.1. The van der Waals surface area contributed by atoms with Crippen molar-refractivity contribution in [2.24, 2.45) is 0 Å². The first-order valence-electron chi connectivity index (χ1n) is 10.2. The normalized spacial score (nSPS) is 11.5. The molecule has 1 N–H and O–H groups in total. The number of hydrogen-bond donors (Lipinski definition) is 1. The highest BCUT2D eigenvalue weighted by atomic mass is 32.2. The average Bonchev–Trinajstić information content (AvgIpc) is 2.84. The molecule has 0 aliphatic rings. The second-order valence-electron chi connectivity index (χ2n) is 7.48. The maximum Gasteiger partial charge on any atom is 0.255 e. The van der Waals surface area contributed by atoms with E-state index in [4.69, 9.17) is 4.74 Å². The molecule has 0 radical (unpaired) electrons. The van der Waals surface area contributed by atoms with E-state index in [-0.39, 0.29) is 22.8 Å². The molecule has 1 aromatic heterocycles. The number of aromatic nitrogens is 1. The van der Waals surface area contributed by atoms with E-state index >= 15 is 0 Å². The van der Waals surface area contributed by atoms with Gasteiger partial charge in [0, 0.05) is 36.4 Å². The van der Waals surface area contributed by atoms with Gasteiger partial charge in [-0.15, -0.1) is 0 Å². The first-order chi connectivity index (χ1) is 15.9. The zero-order chi connectivity index (χ0) is 23.4. The lowest BCUT2D eigenvalue weighted by Gasteiger charge is -2.19. The van der Waals surface area contributed by atoms with Crippen molar-refractivity contribution in [3.05, 3.63) is 96.2 Å². The molecule has 0 saturated heterocycles. The fraction of sp³-hybridized carbons (Fsp3) is 0.120. The van der Waals surface area contributed by atoms with Crippen molar-refractivity contribution in [3.63, 3.8) is 0 Å². The maximum atomic E-state index is 13.3. The molecule has 1 amide bonds. The standard InChI is InChI=1S/C25H23N3O4S/c1-28(17-18-7-4-3-5-8-18)33(30,31)24-16-20(10-13-23(24)32-2)25(29)27-21-11-12-22-19(15-21)9-6-14-26-22/h3-16H,17H2,1-2H3,(H,27,29). The van der Waals surface area contributed by atoms with E-state index in [9.17, 15) is 13.2 Å². The monoisotopic (exact) mass is 461 g/mol. The summed E-state index contributed by atoms with van der Waals surface area (Å²) >= 11 is 0. The molecule has 4 rings (SSSR count). The summed E-state index contributed by atoms with van der Waals surface area (Å²) in [5.41, 5.74) is 2.45. The summed E-state index contributed by atoms with van der Waals surface area (Å²) in [5, 5.41) is 3.70. The predicted molar refractivity (Wildman–Crippen MR) is 128 cm³/mol. The summed E-state index contributed by atoms with van der Waals surface area (Å²) in [4.78, 5) is 17.1. The van der Waals surface area contributed by atoms with Crippen LogP contribution in [0.25, 0.3) is 10.9 Å². The molecule has 0 fully saturated rings. The molecule has 0 bridgehead atoms. The van der Waals surface area contributed by atoms with Gasteiger partial charge in [0.25, 0.3) is 5.91 Å². The number of amides is 1. The van der Waals surface area contributed by atoms with Crippen LogP contribution in [0.2, 0.25) is 0 Å². The first kappa shape index (κ1) is 22.4. The van der Waals surface area contributed by atoms with Crippen LogP contribution in [-0.4, -0.2) is 37.8 Å². The van der Waals surface area contributed by atoms with Crippen molar-refractivity contribution in [2.45, 2.75) is 11.4 Å². The minimum atomic E-state index is -3.92. The third kappa shape index (κ3) is 4.87. The van der Waals surface area contributed by atoms with E-state index in [0.717, 1.165) is 16.5 Å². The second-order valence-corrected chi connectivity index (χ2v) is 9.49. The van der Waals surface area contributed by atoms with Crippen LogP contribution in [0.4, 0.5) is 5.69 Å². The molecule has 7 nitrogen and oxygen atoms in total. The number of benzene rings is 3. The number of carbonyl (C=O) groups excluding carboxylic acids is 1. The molecule has 0 aliphatic heterocycles. The van der Waals surface area contributed by atoms with Crippen LogP contribution in [0.15, 0.2) is 90.0 Å². The van der Waals surface area contributed by atoms with Gasteiger partial charge in [0.05, 0.1) is 12.6 Å². The molecule has 4 aromatic rings. The Hall–Kier alpha value is -3.75. The second kappa shape index (κ2) is 9.40. The van der Waals surface area contributed by atoms with Crippen LogP contribution in [0, 0.1) is 0 Å². The van der Waals surface area contributed by atoms with Crippen LogP contribution < -0.4 is 10.1 Å². The summed E-state index contributed by atoms with van der Waals surface area (Å²) in [6.45, 7) is 0.188. The zero-order valence-corrected chi connectivity index (χ0v) is 19.0. The number of anilines is 1. The third-order valence-corrected chi connectivity index (χ3v) is 7.05. The number of fused-ring (bicyclic) bond motifs is 1. The van der Waals surface area contributed by atoms with Gasteiger partial charge >= 0.3 is 0 Å². The van der Waals surface area contributed by atoms with Crippen molar-refractivity contribution in [2.75, 3.05) is 19.5 Å². The van der Waals surface area contributed by atoms with Crippen molar-refractivity contribution in [1.29, 1.82) is 0 Å². The van der Waals surface area contributed by atoms with E-state index in [1.807, 2.05) is 54.6 Å². The predicted octanol–water partition coefficient (Wildman–Crippen LogP) is 4.32. The number of hydrogen-bond acceptors (Lipinski definition) is 5. The van der Waals surface area contributed by atoms with Crippen molar-refractivity contribution in [1.82, 2.24) is 9.29 Å². The van der Waals surface area contributed by atoms with E-state index in [0.29, 0.717) is 5.69 Å². The van der Waals surface area contributed by atoms with Crippen LogP contribution in [-0.2, 0) is 16.6 Å². The van der Waals surface area contributed by atoms with Gasteiger partial charge in [-0.05, 0) is 48.0 Å². The van der Waals surface area contributed by atoms with Crippen molar-refractivity contribution < 1.29 is 17.9 Å². The van der Waals surface area contributed by atoms with Gasteiger partial charge in [-0.1, -0.05) is 36.4 Å². The molecule has 0 unspecified atom stereocenters. The van der Waals surface area contributed by atoms with Gasteiger partial charge in [-0.2, -0.15) is 4.31 Å². The summed E-state index contributed by atoms with van der Waals surface area (Å²) in [7, 11) is -1.02. The first-order valence-corrected chi connectivity index (χ1v) is 11.7. The van der Waals surface area contributed by atoms with E-state index in [1.165, 1.54) is 36.7 Å². The molecule has 8 heteroatoms. The topological polar surface area (TPSA) is 88.6 Å². The van der Waals surface area contributed by atoms with Crippen LogP contribution >= 0.6 is 0 Å². The fourth-order valence-electron chi connectivity index (χ4n) is 3.47. The molecule has 0 spiro atoms. The molecule has 0 saturated carbocycles. The van der Waals surface area contributed by atoms with Gasteiger partial charge in [0.15, 0.2) is 0 Å². The van der Waals surface area contributed by atoms with Crippen LogP contribution in [0.1, 0.15) is 15.9 Å². The maximum absolute atomic E-state index is 13.3. The Balaban J connectivity index is 1.61. The number of rotatable bonds is 7. The van der Waals surface area contributed by atoms with Crippen LogP contribution in [0.5, 0.6) is 5.75 Å². The molecule has 3 aromatic carbocycles. The quantitative estimate of drug-likeness (QED) is 0.443. The Morgan fingerprint density at radius 1 is 1.00 bits per heavy atom. The molecule has 1 heterocycles. The molecule has 0 atom stereocenters. The van der Waals surface area contributed by atoms with Crippen molar-refractivity contribution >= 4 is 32.5 Å². The Morgan fingerprint density at radius 3 is 2.55 bits per heavy atom. The van der Waals surface area contributed by atoms with Crippen molar-refractivity contribution in [3.8, 4) is 5.75 Å². The Labute approximate surface area is 192 Å². The van der Waals surface area contributed by atoms with Gasteiger partial charge < -0.3 is 10.1 Å². The molecular weight excluding hydrogens is 438 g/mol. The largest absolute Gasteiger partial charge is 0.495 e. The van der Waals surface area contributed by atoms with Gasteiger partial charge in [0.1, 0.15) is 10.6 Å². The number of nitrogens with zero attached hydrogens (tertiary/aromatic N) is 2. The number of sulfonamides is 1. The molecule has 168 valence electrons. The Bertz CT molecular complexity index is 1410. The molecular formula is C25H23N3O4S. The van der Waals surface area contributed by atoms with Gasteiger partial charge in [0.2, 0.25) is 10.0 Å². The average molecular weight is 462 g/mol. The number of nitrogens with one attached hydrogen (secondary N) is 1. The fourth-order valence-corrected chi connectivity index (χ4v) is 4.81. The lowest BCUT2D eigenvalue weighted by molar-refractivity contribution is 0.102. The minimum Gasteiger partial charge on any atom is -0.495 e. The molecule has 33 heavy (non-hydrogen) atoms. The van der Waals surface area contributed by atoms with Gasteiger partial charge in [-0.3, -0.25) is 9.78 Å². The number of carbonyl (C=O) groups is 1. The Morgan fingerprint density at radius 2 is 1.79 bits per heavy atom. The zero-order valence-electron chi connectivity index (χ0n) is 18.2. The van der Waals surface area contributed by atoms with E-state index < -0.39 is 15.9 Å². The highest BCUT2D eigenvalue weighted by molar-refractivity contribution is 7.89. The summed E-state index contributed by atoms with van der Waals surface area (Å²) < 4.78 is 33.1. The highest BCUT2D eigenvalue weighted by Crippen LogP contribution is 2.29. The van der Waals surface area contributed by atoms with Gasteiger partial charge in [-0.25, -0.2) is 8.42 Å². The summed E-state index contributed by atoms with van der Waals surface area (Å²) in [6.07, 6.45) is 1.70. The highest BCUT2D eigenvalue weighted by Gasteiger charge is 2.26. The third-order valence-electron chi connectivity index (χ3n) is 5.22. The SMILES string of the molecule is COc1ccc(C(=O)Nc2ccc3ncccc3c2)cc1S(=O)(=O)N(C)Cc1ccccc1. The number of ether oxygens (including phenoxy) is 1. The molecule has 0 aliphatic carbocycles. The number of pyridine rings is 1. The lowest BCUT2D eigenvalue weighted by Crippen LogP contribution is -2.27. The van der Waals surface area contributed by atoms with Crippen LogP contribution in [0.3, 0.4) is 0 Å². The number of methoxy groups -OCH3 is 1.